The van der Waals surface area contributed by atoms with Crippen molar-refractivity contribution in [1.82, 2.24) is 9.97 Å². The molecule has 0 aliphatic heterocycles. The lowest BCUT2D eigenvalue weighted by Crippen LogP contribution is -2.01. The zero-order valence-electron chi connectivity index (χ0n) is 10.6. The zero-order valence-corrected chi connectivity index (χ0v) is 10.6. The Labute approximate surface area is 107 Å². The van der Waals surface area contributed by atoms with Crippen LogP contribution in [0.3, 0.4) is 0 Å². The number of nitrogens with zero attached hydrogens (tertiary/aromatic N) is 2. The van der Waals surface area contributed by atoms with Crippen LogP contribution in [0.1, 0.15) is 17.7 Å². The summed E-state index contributed by atoms with van der Waals surface area (Å²) in [5.74, 6) is 0.800. The lowest BCUT2D eigenvalue weighted by molar-refractivity contribution is 0.833. The third-order valence-electron chi connectivity index (χ3n) is 2.74. The van der Waals surface area contributed by atoms with Crippen LogP contribution in [-0.2, 0) is 6.42 Å². The SMILES string of the molecule is Cc1nccnc1Nc1cccc(CCCN)c1. The van der Waals surface area contributed by atoms with Gasteiger partial charge in [0.2, 0.25) is 0 Å². The van der Waals surface area contributed by atoms with Crippen molar-refractivity contribution in [2.75, 3.05) is 11.9 Å². The van der Waals surface area contributed by atoms with Gasteiger partial charge in [0.25, 0.3) is 0 Å². The Hall–Kier alpha value is -1.94. The van der Waals surface area contributed by atoms with E-state index in [2.05, 4.69) is 27.4 Å². The van der Waals surface area contributed by atoms with E-state index in [9.17, 15) is 0 Å². The number of hydrogen-bond donors (Lipinski definition) is 2. The van der Waals surface area contributed by atoms with Gasteiger partial charge in [0.15, 0.2) is 5.82 Å². The fourth-order valence-electron chi connectivity index (χ4n) is 1.78. The van der Waals surface area contributed by atoms with Crippen molar-refractivity contribution in [3.63, 3.8) is 0 Å². The Morgan fingerprint density at radius 3 is 2.83 bits per heavy atom. The molecular formula is C14H18N4. The van der Waals surface area contributed by atoms with E-state index in [0.717, 1.165) is 36.6 Å². The largest absolute Gasteiger partial charge is 0.339 e. The Balaban J connectivity index is 2.12. The first-order valence-electron chi connectivity index (χ1n) is 6.13. The van der Waals surface area contributed by atoms with Crippen LogP contribution in [0.2, 0.25) is 0 Å². The molecule has 0 radical (unpaired) electrons. The molecule has 18 heavy (non-hydrogen) atoms. The molecule has 2 rings (SSSR count). The van der Waals surface area contributed by atoms with Crippen LogP contribution < -0.4 is 11.1 Å². The normalized spacial score (nSPS) is 10.3. The van der Waals surface area contributed by atoms with E-state index >= 15 is 0 Å². The monoisotopic (exact) mass is 242 g/mol. The minimum Gasteiger partial charge on any atom is -0.339 e. The van der Waals surface area contributed by atoms with Crippen molar-refractivity contribution in [2.45, 2.75) is 19.8 Å². The summed E-state index contributed by atoms with van der Waals surface area (Å²) < 4.78 is 0. The van der Waals surface area contributed by atoms with E-state index < -0.39 is 0 Å². The number of rotatable bonds is 5. The first kappa shape index (κ1) is 12.5. The van der Waals surface area contributed by atoms with Crippen molar-refractivity contribution in [2.24, 2.45) is 5.73 Å². The number of benzene rings is 1. The molecule has 94 valence electrons. The van der Waals surface area contributed by atoms with Crippen LogP contribution in [0.4, 0.5) is 11.5 Å². The van der Waals surface area contributed by atoms with Gasteiger partial charge in [-0.2, -0.15) is 0 Å². The average Bonchev–Trinajstić information content (AvgIpc) is 2.40. The lowest BCUT2D eigenvalue weighted by atomic mass is 10.1. The molecule has 4 nitrogen and oxygen atoms in total. The van der Waals surface area contributed by atoms with E-state index in [-0.39, 0.29) is 0 Å². The van der Waals surface area contributed by atoms with Gasteiger partial charge >= 0.3 is 0 Å². The third-order valence-corrected chi connectivity index (χ3v) is 2.74. The number of aromatic nitrogens is 2. The summed E-state index contributed by atoms with van der Waals surface area (Å²) in [4.78, 5) is 8.48. The van der Waals surface area contributed by atoms with Crippen LogP contribution in [-0.4, -0.2) is 16.5 Å². The molecule has 2 aromatic rings. The number of anilines is 2. The first-order chi connectivity index (χ1) is 8.79. The van der Waals surface area contributed by atoms with Gasteiger partial charge in [-0.05, 0) is 44.0 Å². The van der Waals surface area contributed by atoms with Gasteiger partial charge in [-0.3, -0.25) is 4.98 Å². The third kappa shape index (κ3) is 3.28. The van der Waals surface area contributed by atoms with E-state index in [1.165, 1.54) is 5.56 Å². The van der Waals surface area contributed by atoms with Crippen LogP contribution in [0.25, 0.3) is 0 Å². The molecule has 0 bridgehead atoms. The predicted molar refractivity (Wildman–Crippen MR) is 73.9 cm³/mol. The standard InChI is InChI=1S/C14H18N4/c1-11-14(17-9-8-16-11)18-13-6-2-4-12(10-13)5-3-7-15/h2,4,6,8-10H,3,5,7,15H2,1H3,(H,17,18). The minimum absolute atomic E-state index is 0.723. The van der Waals surface area contributed by atoms with Gasteiger partial charge in [-0.25, -0.2) is 4.98 Å². The zero-order chi connectivity index (χ0) is 12.8. The quantitative estimate of drug-likeness (QED) is 0.845. The molecule has 0 saturated heterocycles. The van der Waals surface area contributed by atoms with E-state index in [1.807, 2.05) is 19.1 Å². The van der Waals surface area contributed by atoms with E-state index in [4.69, 9.17) is 5.73 Å². The fourth-order valence-corrected chi connectivity index (χ4v) is 1.78. The number of aryl methyl sites for hydroxylation is 2. The highest BCUT2D eigenvalue weighted by Crippen LogP contribution is 2.18. The molecule has 1 aromatic carbocycles. The maximum Gasteiger partial charge on any atom is 0.151 e. The molecule has 0 fully saturated rings. The highest BCUT2D eigenvalue weighted by Gasteiger charge is 2.01. The number of nitrogens with two attached hydrogens (primary N) is 1. The summed E-state index contributed by atoms with van der Waals surface area (Å²) in [5.41, 5.74) is 8.74. The molecule has 0 atom stereocenters. The maximum atomic E-state index is 5.52. The second kappa shape index (κ2) is 6.12. The number of hydrogen-bond acceptors (Lipinski definition) is 4. The summed E-state index contributed by atoms with van der Waals surface area (Å²) in [6.45, 7) is 2.66. The molecule has 0 unspecified atom stereocenters. The van der Waals surface area contributed by atoms with Crippen LogP contribution >= 0.6 is 0 Å². The smallest absolute Gasteiger partial charge is 0.151 e. The minimum atomic E-state index is 0.723. The molecule has 0 aliphatic carbocycles. The van der Waals surface area contributed by atoms with Crippen molar-refractivity contribution < 1.29 is 0 Å². The Morgan fingerprint density at radius 1 is 1.22 bits per heavy atom. The van der Waals surface area contributed by atoms with Crippen LogP contribution in [0.5, 0.6) is 0 Å². The first-order valence-corrected chi connectivity index (χ1v) is 6.13. The second-order valence-electron chi connectivity index (χ2n) is 4.21. The Morgan fingerprint density at radius 2 is 2.06 bits per heavy atom. The molecule has 3 N–H and O–H groups in total. The summed E-state index contributed by atoms with van der Waals surface area (Å²) >= 11 is 0. The Bertz CT molecular complexity index is 511. The highest BCUT2D eigenvalue weighted by molar-refractivity contribution is 5.58. The fraction of sp³-hybridized carbons (Fsp3) is 0.286. The van der Waals surface area contributed by atoms with Gasteiger partial charge in [0.1, 0.15) is 0 Å². The van der Waals surface area contributed by atoms with Gasteiger partial charge in [0.05, 0.1) is 5.69 Å². The van der Waals surface area contributed by atoms with Gasteiger partial charge in [-0.15, -0.1) is 0 Å². The predicted octanol–water partition coefficient (Wildman–Crippen LogP) is 2.42. The number of nitrogens with one attached hydrogen (secondary N) is 1. The molecular weight excluding hydrogens is 224 g/mol. The van der Waals surface area contributed by atoms with Gasteiger partial charge < -0.3 is 11.1 Å². The summed E-state index contributed by atoms with van der Waals surface area (Å²) in [7, 11) is 0. The molecule has 0 aliphatic rings. The van der Waals surface area contributed by atoms with Crippen LogP contribution in [0.15, 0.2) is 36.7 Å². The Kier molecular flexibility index (Phi) is 4.25. The molecule has 0 spiro atoms. The summed E-state index contributed by atoms with van der Waals surface area (Å²) in [6, 6.07) is 8.31. The topological polar surface area (TPSA) is 63.8 Å². The highest BCUT2D eigenvalue weighted by atomic mass is 15.0. The maximum absolute atomic E-state index is 5.52. The molecule has 0 saturated carbocycles. The second-order valence-corrected chi connectivity index (χ2v) is 4.21. The van der Waals surface area contributed by atoms with E-state index in [1.54, 1.807) is 12.4 Å². The molecule has 4 heteroatoms. The van der Waals surface area contributed by atoms with Crippen molar-refractivity contribution in [1.29, 1.82) is 0 Å². The summed E-state index contributed by atoms with van der Waals surface area (Å²) in [5, 5.41) is 3.28. The van der Waals surface area contributed by atoms with Crippen molar-refractivity contribution >= 4 is 11.5 Å². The molecule has 0 amide bonds. The van der Waals surface area contributed by atoms with Crippen LogP contribution in [0, 0.1) is 6.92 Å². The summed E-state index contributed by atoms with van der Waals surface area (Å²) in [6.07, 6.45) is 5.39. The van der Waals surface area contributed by atoms with Crippen molar-refractivity contribution in [3.8, 4) is 0 Å². The lowest BCUT2D eigenvalue weighted by Gasteiger charge is -2.09. The van der Waals surface area contributed by atoms with E-state index in [0.29, 0.717) is 0 Å². The average molecular weight is 242 g/mol. The van der Waals surface area contributed by atoms with Gasteiger partial charge in [-0.1, -0.05) is 12.1 Å². The molecule has 1 aromatic heterocycles. The van der Waals surface area contributed by atoms with Gasteiger partial charge in [0, 0.05) is 18.1 Å². The molecule has 1 heterocycles. The van der Waals surface area contributed by atoms with Crippen molar-refractivity contribution in [3.05, 3.63) is 47.9 Å².